The molecule has 0 saturated carbocycles. The molecule has 0 N–H and O–H groups in total. The van der Waals surface area contributed by atoms with E-state index in [1.165, 1.54) is 4.31 Å². The van der Waals surface area contributed by atoms with Crippen LogP contribution in [0.3, 0.4) is 0 Å². The van der Waals surface area contributed by atoms with Crippen molar-refractivity contribution in [1.29, 1.82) is 0 Å². The van der Waals surface area contributed by atoms with Crippen LogP contribution < -0.4 is 4.31 Å². The number of sulfonamides is 1. The Hall–Kier alpha value is -1.86. The van der Waals surface area contributed by atoms with Crippen molar-refractivity contribution in [2.45, 2.75) is 30.7 Å². The van der Waals surface area contributed by atoms with Gasteiger partial charge in [-0.25, -0.2) is 16.8 Å². The lowest BCUT2D eigenvalue weighted by molar-refractivity contribution is 0.580. The van der Waals surface area contributed by atoms with Crippen molar-refractivity contribution in [2.75, 3.05) is 15.8 Å². The first-order valence-electron chi connectivity index (χ1n) is 8.22. The van der Waals surface area contributed by atoms with Crippen LogP contribution in [0.1, 0.15) is 18.9 Å². The second-order valence-corrected chi connectivity index (χ2v) is 10.2. The van der Waals surface area contributed by atoms with E-state index < -0.39 is 25.9 Å². The average Bonchev–Trinajstić information content (AvgIpc) is 2.95. The predicted molar refractivity (Wildman–Crippen MR) is 99.0 cm³/mol. The van der Waals surface area contributed by atoms with Crippen molar-refractivity contribution < 1.29 is 16.8 Å². The molecule has 7 heteroatoms. The summed E-state index contributed by atoms with van der Waals surface area (Å²) in [6.07, 6.45) is 1.13. The molecule has 25 heavy (non-hydrogen) atoms. The van der Waals surface area contributed by atoms with E-state index >= 15 is 0 Å². The van der Waals surface area contributed by atoms with E-state index in [1.54, 1.807) is 54.6 Å². The molecular weight excluding hydrogens is 358 g/mol. The Morgan fingerprint density at radius 3 is 2.20 bits per heavy atom. The van der Waals surface area contributed by atoms with E-state index in [0.29, 0.717) is 12.1 Å². The molecule has 0 aromatic heterocycles. The van der Waals surface area contributed by atoms with Crippen molar-refractivity contribution in [3.8, 4) is 0 Å². The molecule has 1 aliphatic rings. The van der Waals surface area contributed by atoms with Crippen molar-refractivity contribution in [2.24, 2.45) is 0 Å². The molecule has 5 nitrogen and oxygen atoms in total. The first kappa shape index (κ1) is 17.9. The monoisotopic (exact) mass is 379 g/mol. The highest BCUT2D eigenvalue weighted by atomic mass is 32.2. The van der Waals surface area contributed by atoms with Gasteiger partial charge in [0.25, 0.3) is 10.0 Å². The summed E-state index contributed by atoms with van der Waals surface area (Å²) in [6, 6.07) is 14.9. The molecule has 1 fully saturated rings. The SMILES string of the molecule is CCc1ccc(S(=O)(=O)N(c2ccccc2)[C@H]2CCS(=O)(=O)C2)cc1. The van der Waals surface area contributed by atoms with Crippen molar-refractivity contribution in [3.63, 3.8) is 0 Å². The van der Waals surface area contributed by atoms with Gasteiger partial charge in [-0.05, 0) is 42.7 Å². The summed E-state index contributed by atoms with van der Waals surface area (Å²) in [5.41, 5.74) is 1.54. The molecule has 3 rings (SSSR count). The van der Waals surface area contributed by atoms with Crippen LogP contribution in [-0.2, 0) is 26.3 Å². The maximum Gasteiger partial charge on any atom is 0.264 e. The highest BCUT2D eigenvalue weighted by Crippen LogP contribution is 2.30. The minimum Gasteiger partial charge on any atom is -0.262 e. The summed E-state index contributed by atoms with van der Waals surface area (Å²) in [6.45, 7) is 2.00. The molecule has 2 aromatic carbocycles. The second-order valence-electron chi connectivity index (χ2n) is 6.19. The van der Waals surface area contributed by atoms with Crippen LogP contribution in [0.2, 0.25) is 0 Å². The average molecular weight is 380 g/mol. The lowest BCUT2D eigenvalue weighted by Gasteiger charge is -2.29. The minimum absolute atomic E-state index is 0.0191. The molecule has 0 unspecified atom stereocenters. The summed E-state index contributed by atoms with van der Waals surface area (Å²) in [5.74, 6) is -0.126. The summed E-state index contributed by atoms with van der Waals surface area (Å²) >= 11 is 0. The molecule has 0 aliphatic carbocycles. The van der Waals surface area contributed by atoms with Crippen LogP contribution in [0.25, 0.3) is 0 Å². The van der Waals surface area contributed by atoms with E-state index in [-0.39, 0.29) is 16.4 Å². The molecule has 1 atom stereocenters. The molecule has 2 aromatic rings. The van der Waals surface area contributed by atoms with Crippen LogP contribution in [0.5, 0.6) is 0 Å². The lowest BCUT2D eigenvalue weighted by atomic mass is 10.2. The van der Waals surface area contributed by atoms with Crippen LogP contribution in [0.4, 0.5) is 5.69 Å². The Kier molecular flexibility index (Phi) is 4.88. The zero-order valence-corrected chi connectivity index (χ0v) is 15.6. The number of rotatable bonds is 5. The molecule has 0 amide bonds. The van der Waals surface area contributed by atoms with Crippen molar-refractivity contribution in [3.05, 3.63) is 60.2 Å². The standard InChI is InChI=1S/C18H21NO4S2/c1-2-15-8-10-18(11-9-15)25(22,23)19(16-6-4-3-5-7-16)17-12-13-24(20,21)14-17/h3-11,17H,2,12-14H2,1H3/t17-/m0/s1. The van der Waals surface area contributed by atoms with E-state index in [9.17, 15) is 16.8 Å². The molecule has 1 aliphatic heterocycles. The Labute approximate surface area is 149 Å². The number of sulfone groups is 1. The van der Waals surface area contributed by atoms with E-state index in [4.69, 9.17) is 0 Å². The van der Waals surface area contributed by atoms with Gasteiger partial charge in [-0.2, -0.15) is 0 Å². The quantitative estimate of drug-likeness (QED) is 0.801. The first-order valence-corrected chi connectivity index (χ1v) is 11.5. The van der Waals surface area contributed by atoms with Gasteiger partial charge in [0.1, 0.15) is 0 Å². The highest BCUT2D eigenvalue weighted by molar-refractivity contribution is 7.93. The molecule has 0 spiro atoms. The van der Waals surface area contributed by atoms with Gasteiger partial charge in [-0.3, -0.25) is 4.31 Å². The number of hydrogen-bond donors (Lipinski definition) is 0. The molecule has 1 heterocycles. The molecular formula is C18H21NO4S2. The number of hydrogen-bond acceptors (Lipinski definition) is 4. The van der Waals surface area contributed by atoms with Gasteiger partial charge in [0.2, 0.25) is 0 Å². The van der Waals surface area contributed by atoms with Crippen LogP contribution in [0.15, 0.2) is 59.5 Å². The number of anilines is 1. The maximum absolute atomic E-state index is 13.3. The first-order chi connectivity index (χ1) is 11.8. The topological polar surface area (TPSA) is 71.5 Å². The Bertz CT molecular complexity index is 936. The summed E-state index contributed by atoms with van der Waals surface area (Å²) in [5, 5.41) is 0. The predicted octanol–water partition coefficient (Wildman–Crippen LogP) is 2.63. The third-order valence-corrected chi connectivity index (χ3v) is 8.08. The van der Waals surface area contributed by atoms with Gasteiger partial charge in [0.15, 0.2) is 9.84 Å². The van der Waals surface area contributed by atoms with Gasteiger partial charge in [-0.15, -0.1) is 0 Å². The Morgan fingerprint density at radius 2 is 1.68 bits per heavy atom. The summed E-state index contributed by atoms with van der Waals surface area (Å²) < 4.78 is 51.6. The maximum atomic E-state index is 13.3. The Morgan fingerprint density at radius 1 is 1.04 bits per heavy atom. The summed E-state index contributed by atoms with van der Waals surface area (Å²) in [7, 11) is -7.05. The zero-order valence-electron chi connectivity index (χ0n) is 14.0. The third kappa shape index (κ3) is 3.72. The lowest BCUT2D eigenvalue weighted by Crippen LogP contribution is -2.41. The smallest absolute Gasteiger partial charge is 0.262 e. The van der Waals surface area contributed by atoms with E-state index in [0.717, 1.165) is 12.0 Å². The highest BCUT2D eigenvalue weighted by Gasteiger charge is 2.38. The fourth-order valence-corrected chi connectivity index (χ4v) is 6.56. The van der Waals surface area contributed by atoms with Gasteiger partial charge >= 0.3 is 0 Å². The summed E-state index contributed by atoms with van der Waals surface area (Å²) in [4.78, 5) is 0.179. The largest absolute Gasteiger partial charge is 0.264 e. The zero-order chi connectivity index (χ0) is 18.1. The van der Waals surface area contributed by atoms with E-state index in [1.807, 2.05) is 6.92 Å². The normalized spacial score (nSPS) is 19.6. The fraction of sp³-hybridized carbons (Fsp3) is 0.333. The molecule has 0 bridgehead atoms. The van der Waals surface area contributed by atoms with Gasteiger partial charge in [0, 0.05) is 0 Å². The number of para-hydroxylation sites is 1. The van der Waals surface area contributed by atoms with Crippen molar-refractivity contribution in [1.82, 2.24) is 0 Å². The number of aryl methyl sites for hydroxylation is 1. The fourth-order valence-electron chi connectivity index (χ4n) is 3.09. The molecule has 0 radical (unpaired) electrons. The molecule has 134 valence electrons. The number of benzene rings is 2. The van der Waals surface area contributed by atoms with Gasteiger partial charge in [0.05, 0.1) is 28.1 Å². The van der Waals surface area contributed by atoms with Gasteiger partial charge < -0.3 is 0 Å². The van der Waals surface area contributed by atoms with Crippen LogP contribution >= 0.6 is 0 Å². The van der Waals surface area contributed by atoms with Crippen molar-refractivity contribution >= 4 is 25.5 Å². The third-order valence-electron chi connectivity index (χ3n) is 4.44. The van der Waals surface area contributed by atoms with E-state index in [2.05, 4.69) is 0 Å². The van der Waals surface area contributed by atoms with Crippen LogP contribution in [-0.4, -0.2) is 34.4 Å². The Balaban J connectivity index is 2.07. The minimum atomic E-state index is -3.84. The number of nitrogens with zero attached hydrogens (tertiary/aromatic N) is 1. The van der Waals surface area contributed by atoms with Gasteiger partial charge in [-0.1, -0.05) is 37.3 Å². The second kappa shape index (κ2) is 6.80. The molecule has 1 saturated heterocycles. The van der Waals surface area contributed by atoms with Crippen LogP contribution in [0, 0.1) is 0 Å².